The molecule has 0 spiro atoms. The van der Waals surface area contributed by atoms with Gasteiger partial charge in [0.1, 0.15) is 0 Å². The Hall–Kier alpha value is -0.860. The van der Waals surface area contributed by atoms with E-state index in [2.05, 4.69) is 50.9 Å². The van der Waals surface area contributed by atoms with Crippen molar-refractivity contribution in [2.75, 3.05) is 7.05 Å². The van der Waals surface area contributed by atoms with Crippen LogP contribution in [0.3, 0.4) is 0 Å². The first-order valence-corrected chi connectivity index (χ1v) is 7.53. The molecule has 0 heterocycles. The van der Waals surface area contributed by atoms with Crippen LogP contribution in [0.25, 0.3) is 0 Å². The van der Waals surface area contributed by atoms with E-state index in [1.165, 1.54) is 42.4 Å². The molecule has 1 atom stereocenters. The molecule has 0 bridgehead atoms. The van der Waals surface area contributed by atoms with Crippen molar-refractivity contribution >= 4 is 0 Å². The van der Waals surface area contributed by atoms with Crippen molar-refractivity contribution in [1.82, 2.24) is 4.90 Å². The molecule has 2 rings (SSSR count). The van der Waals surface area contributed by atoms with Crippen LogP contribution in [0.2, 0.25) is 0 Å². The zero-order valence-corrected chi connectivity index (χ0v) is 12.8. The Morgan fingerprint density at radius 1 is 1.05 bits per heavy atom. The summed E-state index contributed by atoms with van der Waals surface area (Å²) < 4.78 is 0. The van der Waals surface area contributed by atoms with Gasteiger partial charge in [0.2, 0.25) is 0 Å². The molecule has 0 aromatic heterocycles. The fourth-order valence-corrected chi connectivity index (χ4v) is 3.31. The maximum Gasteiger partial charge on any atom is 0.0319 e. The van der Waals surface area contributed by atoms with Crippen molar-refractivity contribution in [2.24, 2.45) is 5.73 Å². The van der Waals surface area contributed by atoms with E-state index in [0.717, 1.165) is 0 Å². The molecule has 0 aliphatic heterocycles. The van der Waals surface area contributed by atoms with Crippen molar-refractivity contribution < 1.29 is 0 Å². The highest BCUT2D eigenvalue weighted by Crippen LogP contribution is 2.29. The molecule has 1 aliphatic rings. The lowest BCUT2D eigenvalue weighted by Crippen LogP contribution is -2.39. The normalized spacial score (nSPS) is 25.6. The fourth-order valence-electron chi connectivity index (χ4n) is 3.31. The van der Waals surface area contributed by atoms with E-state index >= 15 is 0 Å². The Morgan fingerprint density at radius 2 is 1.58 bits per heavy atom. The first-order valence-electron chi connectivity index (χ1n) is 7.53. The van der Waals surface area contributed by atoms with E-state index in [1.807, 2.05) is 0 Å². The van der Waals surface area contributed by atoms with Crippen molar-refractivity contribution in [3.05, 3.63) is 34.9 Å². The van der Waals surface area contributed by atoms with Crippen LogP contribution >= 0.6 is 0 Å². The predicted molar refractivity (Wildman–Crippen MR) is 82.3 cm³/mol. The summed E-state index contributed by atoms with van der Waals surface area (Å²) in [4.78, 5) is 2.54. The number of hydrogen-bond donors (Lipinski definition) is 1. The third kappa shape index (κ3) is 3.58. The van der Waals surface area contributed by atoms with Crippen molar-refractivity contribution in [2.45, 2.75) is 64.6 Å². The number of nitrogens with two attached hydrogens (primary N) is 1. The monoisotopic (exact) mass is 260 g/mol. The van der Waals surface area contributed by atoms with Gasteiger partial charge in [0.15, 0.2) is 0 Å². The van der Waals surface area contributed by atoms with E-state index < -0.39 is 0 Å². The van der Waals surface area contributed by atoms with Crippen molar-refractivity contribution in [1.29, 1.82) is 0 Å². The van der Waals surface area contributed by atoms with Crippen LogP contribution in [0.4, 0.5) is 0 Å². The molecule has 1 aromatic carbocycles. The number of benzene rings is 1. The summed E-state index contributed by atoms with van der Waals surface area (Å²) in [6.07, 6.45) is 4.84. The van der Waals surface area contributed by atoms with Crippen LogP contribution < -0.4 is 5.73 Å². The summed E-state index contributed by atoms with van der Waals surface area (Å²) in [6, 6.07) is 8.50. The molecule has 0 radical (unpaired) electrons. The van der Waals surface area contributed by atoms with Crippen molar-refractivity contribution in [3.63, 3.8) is 0 Å². The number of nitrogens with zero attached hydrogens (tertiary/aromatic N) is 1. The minimum absolute atomic E-state index is 0.432. The fraction of sp³-hybridized carbons (Fsp3) is 0.647. The summed E-state index contributed by atoms with van der Waals surface area (Å²) in [5.74, 6) is 0. The molecule has 106 valence electrons. The van der Waals surface area contributed by atoms with Crippen LogP contribution in [-0.2, 0) is 0 Å². The molecular weight excluding hydrogens is 232 g/mol. The topological polar surface area (TPSA) is 29.3 Å². The number of aryl methyl sites for hydroxylation is 2. The maximum absolute atomic E-state index is 6.01. The van der Waals surface area contributed by atoms with Gasteiger partial charge in [0.25, 0.3) is 0 Å². The zero-order chi connectivity index (χ0) is 14.0. The van der Waals surface area contributed by atoms with Gasteiger partial charge in [-0.3, -0.25) is 4.90 Å². The van der Waals surface area contributed by atoms with Gasteiger partial charge < -0.3 is 5.73 Å². The molecule has 2 heteroatoms. The standard InChI is InChI=1S/C17H28N2/c1-12-9-13(2)11-15(10-12)14(3)19(4)17-7-5-16(18)6-8-17/h9-11,14,16-17H,5-8,18H2,1-4H3. The van der Waals surface area contributed by atoms with E-state index in [1.54, 1.807) is 0 Å². The van der Waals surface area contributed by atoms with Crippen LogP contribution in [-0.4, -0.2) is 24.0 Å². The third-order valence-electron chi connectivity index (χ3n) is 4.65. The van der Waals surface area contributed by atoms with Gasteiger partial charge in [-0.1, -0.05) is 29.3 Å². The molecule has 0 saturated heterocycles. The molecule has 19 heavy (non-hydrogen) atoms. The second-order valence-corrected chi connectivity index (χ2v) is 6.33. The minimum Gasteiger partial charge on any atom is -0.328 e. The van der Waals surface area contributed by atoms with Gasteiger partial charge in [-0.2, -0.15) is 0 Å². The minimum atomic E-state index is 0.432. The molecular formula is C17H28N2. The zero-order valence-electron chi connectivity index (χ0n) is 12.8. The quantitative estimate of drug-likeness (QED) is 0.900. The number of rotatable bonds is 3. The smallest absolute Gasteiger partial charge is 0.0319 e. The third-order valence-corrected chi connectivity index (χ3v) is 4.65. The van der Waals surface area contributed by atoms with Crippen LogP contribution in [0, 0.1) is 13.8 Å². The average Bonchev–Trinajstić information content (AvgIpc) is 2.37. The Labute approximate surface area is 118 Å². The lowest BCUT2D eigenvalue weighted by Gasteiger charge is -2.37. The molecule has 2 nitrogen and oxygen atoms in total. The second-order valence-electron chi connectivity index (χ2n) is 6.33. The lowest BCUT2D eigenvalue weighted by molar-refractivity contribution is 0.140. The SMILES string of the molecule is Cc1cc(C)cc(C(C)N(C)C2CCC(N)CC2)c1. The number of hydrogen-bond acceptors (Lipinski definition) is 2. The second kappa shape index (κ2) is 6.06. The predicted octanol–water partition coefficient (Wildman–Crippen LogP) is 3.57. The van der Waals surface area contributed by atoms with Gasteiger partial charge in [-0.15, -0.1) is 0 Å². The van der Waals surface area contributed by atoms with E-state index in [0.29, 0.717) is 18.1 Å². The molecule has 2 N–H and O–H groups in total. The molecule has 1 aliphatic carbocycles. The first-order chi connectivity index (χ1) is 8.97. The van der Waals surface area contributed by atoms with E-state index in [9.17, 15) is 0 Å². The summed E-state index contributed by atoms with van der Waals surface area (Å²) in [5, 5.41) is 0. The molecule has 1 fully saturated rings. The Bertz CT molecular complexity index is 399. The summed E-state index contributed by atoms with van der Waals surface area (Å²) in [5.41, 5.74) is 10.2. The molecule has 0 amide bonds. The van der Waals surface area contributed by atoms with Gasteiger partial charge in [0, 0.05) is 18.1 Å². The highest BCUT2D eigenvalue weighted by Gasteiger charge is 2.25. The average molecular weight is 260 g/mol. The highest BCUT2D eigenvalue weighted by atomic mass is 15.2. The molecule has 1 aromatic rings. The van der Waals surface area contributed by atoms with Gasteiger partial charge in [0.05, 0.1) is 0 Å². The molecule has 1 saturated carbocycles. The van der Waals surface area contributed by atoms with E-state index in [4.69, 9.17) is 5.73 Å². The van der Waals surface area contributed by atoms with Gasteiger partial charge in [-0.25, -0.2) is 0 Å². The Balaban J connectivity index is 2.07. The van der Waals surface area contributed by atoms with Gasteiger partial charge >= 0.3 is 0 Å². The Morgan fingerprint density at radius 3 is 2.11 bits per heavy atom. The summed E-state index contributed by atoms with van der Waals surface area (Å²) in [7, 11) is 2.27. The largest absolute Gasteiger partial charge is 0.328 e. The Kier molecular flexibility index (Phi) is 4.64. The highest BCUT2D eigenvalue weighted by molar-refractivity contribution is 5.30. The van der Waals surface area contributed by atoms with Crippen molar-refractivity contribution in [3.8, 4) is 0 Å². The van der Waals surface area contributed by atoms with E-state index in [-0.39, 0.29) is 0 Å². The first kappa shape index (κ1) is 14.5. The lowest BCUT2D eigenvalue weighted by atomic mass is 9.89. The summed E-state index contributed by atoms with van der Waals surface area (Å²) >= 11 is 0. The summed E-state index contributed by atoms with van der Waals surface area (Å²) in [6.45, 7) is 6.69. The maximum atomic E-state index is 6.01. The molecule has 1 unspecified atom stereocenters. The van der Waals surface area contributed by atoms with Gasteiger partial charge in [-0.05, 0) is 59.1 Å². The van der Waals surface area contributed by atoms with Crippen LogP contribution in [0.1, 0.15) is 55.3 Å². The van der Waals surface area contributed by atoms with Crippen LogP contribution in [0.5, 0.6) is 0 Å². The van der Waals surface area contributed by atoms with Crippen LogP contribution in [0.15, 0.2) is 18.2 Å².